The first-order valence-corrected chi connectivity index (χ1v) is 9.94. The van der Waals surface area contributed by atoms with E-state index < -0.39 is 10.9 Å². The second-order valence-electron chi connectivity index (χ2n) is 6.59. The number of anilines is 1. The summed E-state index contributed by atoms with van der Waals surface area (Å²) in [6.45, 7) is 3.57. The Kier molecular flexibility index (Phi) is 6.40. The number of nitrogens with zero attached hydrogens (tertiary/aromatic N) is 2. The smallest absolute Gasteiger partial charge is 0.341 e. The normalized spacial score (nSPS) is 13.9. The standard InChI is InChI=1S/C20H21N3O5S/c1-3-28-20(25)18-15-10-11-22(2)12-16(15)29-19(18)21-17(24)9-6-13-4-7-14(8-5-13)23(26)27/h4-9H,3,10-12H2,1-2H3,(H,21,24)/b9-6+. The van der Waals surface area contributed by atoms with Gasteiger partial charge in [0.05, 0.1) is 17.1 Å². The number of esters is 1. The molecule has 1 N–H and O–H groups in total. The monoisotopic (exact) mass is 415 g/mol. The van der Waals surface area contributed by atoms with Gasteiger partial charge >= 0.3 is 5.97 Å². The van der Waals surface area contributed by atoms with Crippen molar-refractivity contribution in [2.45, 2.75) is 19.9 Å². The van der Waals surface area contributed by atoms with Crippen molar-refractivity contribution < 1.29 is 19.2 Å². The first-order valence-electron chi connectivity index (χ1n) is 9.12. The van der Waals surface area contributed by atoms with Crippen LogP contribution in [0.1, 0.15) is 33.3 Å². The highest BCUT2D eigenvalue weighted by Crippen LogP contribution is 2.37. The molecule has 0 saturated heterocycles. The van der Waals surface area contributed by atoms with Gasteiger partial charge in [0.1, 0.15) is 5.00 Å². The van der Waals surface area contributed by atoms with Crippen molar-refractivity contribution in [2.75, 3.05) is 25.5 Å². The minimum absolute atomic E-state index is 0.0141. The Hall–Kier alpha value is -3.04. The van der Waals surface area contributed by atoms with Gasteiger partial charge < -0.3 is 15.0 Å². The molecule has 0 spiro atoms. The molecule has 0 radical (unpaired) electrons. The second-order valence-corrected chi connectivity index (χ2v) is 7.69. The number of fused-ring (bicyclic) bond motifs is 1. The Balaban J connectivity index is 1.78. The maximum absolute atomic E-state index is 12.5. The number of hydrogen-bond donors (Lipinski definition) is 1. The molecular weight excluding hydrogens is 394 g/mol. The fourth-order valence-electron chi connectivity index (χ4n) is 3.07. The Morgan fingerprint density at radius 3 is 2.72 bits per heavy atom. The molecule has 152 valence electrons. The number of non-ortho nitro benzene ring substituents is 1. The van der Waals surface area contributed by atoms with Gasteiger partial charge in [0.15, 0.2) is 0 Å². The average molecular weight is 415 g/mol. The lowest BCUT2D eigenvalue weighted by Gasteiger charge is -2.22. The molecular formula is C20H21N3O5S. The molecule has 8 nitrogen and oxygen atoms in total. The molecule has 1 aliphatic rings. The Morgan fingerprint density at radius 1 is 1.34 bits per heavy atom. The number of hydrogen-bond acceptors (Lipinski definition) is 7. The number of rotatable bonds is 6. The SMILES string of the molecule is CCOC(=O)c1c(NC(=O)/C=C/c2ccc([N+](=O)[O-])cc2)sc2c1CCN(C)C2. The third kappa shape index (κ3) is 4.87. The highest BCUT2D eigenvalue weighted by molar-refractivity contribution is 7.17. The van der Waals surface area contributed by atoms with E-state index in [-0.39, 0.29) is 18.2 Å². The molecule has 1 amide bonds. The van der Waals surface area contributed by atoms with Gasteiger partial charge in [-0.25, -0.2) is 4.79 Å². The van der Waals surface area contributed by atoms with Crippen molar-refractivity contribution in [3.8, 4) is 0 Å². The van der Waals surface area contributed by atoms with E-state index in [1.54, 1.807) is 25.1 Å². The molecule has 0 bridgehead atoms. The van der Waals surface area contributed by atoms with Crippen molar-refractivity contribution >= 4 is 40.0 Å². The molecule has 3 rings (SSSR count). The average Bonchev–Trinajstić information content (AvgIpc) is 3.03. The summed E-state index contributed by atoms with van der Waals surface area (Å²) in [6.07, 6.45) is 3.62. The quantitative estimate of drug-likeness (QED) is 0.335. The third-order valence-corrected chi connectivity index (χ3v) is 5.63. The van der Waals surface area contributed by atoms with Crippen LogP contribution in [-0.4, -0.2) is 41.9 Å². The van der Waals surface area contributed by atoms with E-state index in [4.69, 9.17) is 4.74 Å². The van der Waals surface area contributed by atoms with E-state index in [0.717, 1.165) is 30.0 Å². The number of carbonyl (C=O) groups is 2. The number of nitrogens with one attached hydrogen (secondary N) is 1. The van der Waals surface area contributed by atoms with Gasteiger partial charge in [0.2, 0.25) is 5.91 Å². The number of ether oxygens (including phenoxy) is 1. The van der Waals surface area contributed by atoms with Crippen LogP contribution in [0.4, 0.5) is 10.7 Å². The van der Waals surface area contributed by atoms with Crippen molar-refractivity contribution in [1.29, 1.82) is 0 Å². The molecule has 9 heteroatoms. The Labute approximate surface area is 171 Å². The zero-order valence-electron chi connectivity index (χ0n) is 16.1. The molecule has 1 aliphatic heterocycles. The summed E-state index contributed by atoms with van der Waals surface area (Å²) in [5, 5.41) is 14.0. The van der Waals surface area contributed by atoms with E-state index >= 15 is 0 Å². The summed E-state index contributed by atoms with van der Waals surface area (Å²) < 4.78 is 5.19. The van der Waals surface area contributed by atoms with E-state index in [1.807, 2.05) is 7.05 Å². The molecule has 1 aromatic heterocycles. The molecule has 0 aliphatic carbocycles. The molecule has 0 fully saturated rings. The van der Waals surface area contributed by atoms with Crippen LogP contribution >= 0.6 is 11.3 Å². The number of benzene rings is 1. The van der Waals surface area contributed by atoms with Crippen molar-refractivity contribution in [2.24, 2.45) is 0 Å². The number of amides is 1. The van der Waals surface area contributed by atoms with Gasteiger partial charge in [0, 0.05) is 36.2 Å². The number of likely N-dealkylation sites (N-methyl/N-ethyl adjacent to an activating group) is 1. The predicted octanol–water partition coefficient (Wildman–Crippen LogP) is 3.47. The van der Waals surface area contributed by atoms with Crippen LogP contribution in [0.25, 0.3) is 6.08 Å². The van der Waals surface area contributed by atoms with Crippen LogP contribution in [0.15, 0.2) is 30.3 Å². The lowest BCUT2D eigenvalue weighted by molar-refractivity contribution is -0.384. The molecule has 29 heavy (non-hydrogen) atoms. The topological polar surface area (TPSA) is 102 Å². The van der Waals surface area contributed by atoms with E-state index in [9.17, 15) is 19.7 Å². The Morgan fingerprint density at radius 2 is 2.07 bits per heavy atom. The number of thiophene rings is 1. The number of nitro benzene ring substituents is 1. The van der Waals surface area contributed by atoms with Crippen LogP contribution < -0.4 is 5.32 Å². The van der Waals surface area contributed by atoms with Gasteiger partial charge in [-0.2, -0.15) is 0 Å². The van der Waals surface area contributed by atoms with E-state index in [1.165, 1.54) is 29.5 Å². The highest BCUT2D eigenvalue weighted by Gasteiger charge is 2.28. The molecule has 0 saturated carbocycles. The zero-order valence-corrected chi connectivity index (χ0v) is 17.0. The summed E-state index contributed by atoms with van der Waals surface area (Å²) in [4.78, 5) is 38.3. The van der Waals surface area contributed by atoms with Crippen LogP contribution in [-0.2, 0) is 22.5 Å². The maximum atomic E-state index is 12.5. The molecule has 2 aromatic rings. The fourth-order valence-corrected chi connectivity index (χ4v) is 4.39. The second kappa shape index (κ2) is 8.97. The van der Waals surface area contributed by atoms with Crippen LogP contribution in [0.2, 0.25) is 0 Å². The van der Waals surface area contributed by atoms with Crippen LogP contribution in [0, 0.1) is 10.1 Å². The van der Waals surface area contributed by atoms with E-state index in [0.29, 0.717) is 16.1 Å². The van der Waals surface area contributed by atoms with Crippen LogP contribution in [0.5, 0.6) is 0 Å². The van der Waals surface area contributed by atoms with Gasteiger partial charge in [-0.3, -0.25) is 14.9 Å². The summed E-state index contributed by atoms with van der Waals surface area (Å²) >= 11 is 1.39. The largest absolute Gasteiger partial charge is 0.462 e. The minimum atomic E-state index is -0.479. The molecule has 1 aromatic carbocycles. The summed E-state index contributed by atoms with van der Waals surface area (Å²) in [5.41, 5.74) is 2.03. The van der Waals surface area contributed by atoms with Crippen LogP contribution in [0.3, 0.4) is 0 Å². The Bertz CT molecular complexity index is 965. The number of carbonyl (C=O) groups excluding carboxylic acids is 2. The van der Waals surface area contributed by atoms with Gasteiger partial charge in [0.25, 0.3) is 5.69 Å². The minimum Gasteiger partial charge on any atom is -0.462 e. The summed E-state index contributed by atoms with van der Waals surface area (Å²) in [7, 11) is 2.01. The predicted molar refractivity (Wildman–Crippen MR) is 111 cm³/mol. The van der Waals surface area contributed by atoms with Crippen molar-refractivity contribution in [1.82, 2.24) is 4.90 Å². The van der Waals surface area contributed by atoms with Gasteiger partial charge in [-0.1, -0.05) is 0 Å². The van der Waals surface area contributed by atoms with E-state index in [2.05, 4.69) is 10.2 Å². The first kappa shape index (κ1) is 20.7. The lowest BCUT2D eigenvalue weighted by Crippen LogP contribution is -2.26. The highest BCUT2D eigenvalue weighted by atomic mass is 32.1. The van der Waals surface area contributed by atoms with Crippen molar-refractivity contribution in [3.63, 3.8) is 0 Å². The van der Waals surface area contributed by atoms with Crippen molar-refractivity contribution in [3.05, 3.63) is 62.0 Å². The summed E-state index contributed by atoms with van der Waals surface area (Å²) in [5.74, 6) is -0.815. The lowest BCUT2D eigenvalue weighted by atomic mass is 10.0. The third-order valence-electron chi connectivity index (χ3n) is 4.50. The summed E-state index contributed by atoms with van der Waals surface area (Å²) in [6, 6.07) is 5.87. The molecule has 0 atom stereocenters. The first-order chi connectivity index (χ1) is 13.9. The van der Waals surface area contributed by atoms with Gasteiger partial charge in [-0.05, 0) is 49.7 Å². The van der Waals surface area contributed by atoms with Gasteiger partial charge in [-0.15, -0.1) is 11.3 Å². The zero-order chi connectivity index (χ0) is 21.0. The molecule has 0 unspecified atom stereocenters. The number of nitro groups is 1. The maximum Gasteiger partial charge on any atom is 0.341 e. The molecule has 2 heterocycles. The fraction of sp³-hybridized carbons (Fsp3) is 0.300.